The van der Waals surface area contributed by atoms with Crippen molar-refractivity contribution < 1.29 is 0 Å². The normalized spacial score (nSPS) is 10.4. The highest BCUT2D eigenvalue weighted by Gasteiger charge is 2.06. The zero-order valence-corrected chi connectivity index (χ0v) is 10.7. The molecular formula is C12H12BrN3. The number of aromatic nitrogens is 2. The number of benzene rings is 1. The van der Waals surface area contributed by atoms with Crippen LogP contribution >= 0.6 is 15.9 Å². The molecule has 0 fully saturated rings. The highest BCUT2D eigenvalue weighted by Crippen LogP contribution is 2.26. The minimum atomic E-state index is 0.489. The summed E-state index contributed by atoms with van der Waals surface area (Å²) in [5.74, 6) is 1.15. The third-order valence-electron chi connectivity index (χ3n) is 2.37. The Balaban J connectivity index is 2.57. The van der Waals surface area contributed by atoms with Crippen molar-refractivity contribution in [2.24, 2.45) is 0 Å². The Morgan fingerprint density at radius 1 is 1.19 bits per heavy atom. The predicted molar refractivity (Wildman–Crippen MR) is 69.1 cm³/mol. The number of nitrogens with zero attached hydrogens (tertiary/aromatic N) is 2. The molecule has 1 aromatic carbocycles. The lowest BCUT2D eigenvalue weighted by atomic mass is 10.1. The van der Waals surface area contributed by atoms with Crippen molar-refractivity contribution in [3.63, 3.8) is 0 Å². The summed E-state index contributed by atoms with van der Waals surface area (Å²) >= 11 is 3.53. The predicted octanol–water partition coefficient (Wildman–Crippen LogP) is 3.11. The van der Waals surface area contributed by atoms with E-state index in [1.807, 2.05) is 26.0 Å². The molecule has 16 heavy (non-hydrogen) atoms. The van der Waals surface area contributed by atoms with Crippen LogP contribution in [0.5, 0.6) is 0 Å². The quantitative estimate of drug-likeness (QED) is 0.872. The van der Waals surface area contributed by atoms with E-state index >= 15 is 0 Å². The van der Waals surface area contributed by atoms with Crippen molar-refractivity contribution in [1.82, 2.24) is 9.97 Å². The van der Waals surface area contributed by atoms with Gasteiger partial charge in [-0.2, -0.15) is 0 Å². The SMILES string of the molecule is Cc1cc(-c2nccc(N)n2)cc(C)c1Br. The van der Waals surface area contributed by atoms with Gasteiger partial charge in [0, 0.05) is 16.2 Å². The van der Waals surface area contributed by atoms with Gasteiger partial charge in [0.15, 0.2) is 5.82 Å². The number of nitrogen functional groups attached to an aromatic ring is 1. The van der Waals surface area contributed by atoms with E-state index in [1.165, 1.54) is 11.1 Å². The van der Waals surface area contributed by atoms with Gasteiger partial charge in [-0.05, 0) is 43.2 Å². The van der Waals surface area contributed by atoms with E-state index in [4.69, 9.17) is 5.73 Å². The molecule has 2 aromatic rings. The van der Waals surface area contributed by atoms with Crippen LogP contribution in [0.4, 0.5) is 5.82 Å². The summed E-state index contributed by atoms with van der Waals surface area (Å²) < 4.78 is 1.13. The van der Waals surface area contributed by atoms with Crippen LogP contribution < -0.4 is 5.73 Å². The first-order valence-electron chi connectivity index (χ1n) is 4.93. The monoisotopic (exact) mass is 277 g/mol. The summed E-state index contributed by atoms with van der Waals surface area (Å²) in [4.78, 5) is 8.42. The van der Waals surface area contributed by atoms with Crippen LogP contribution in [0, 0.1) is 13.8 Å². The molecule has 1 aromatic heterocycles. The molecule has 0 saturated heterocycles. The molecule has 3 nitrogen and oxygen atoms in total. The first-order valence-corrected chi connectivity index (χ1v) is 5.73. The van der Waals surface area contributed by atoms with Gasteiger partial charge in [0.1, 0.15) is 5.82 Å². The summed E-state index contributed by atoms with van der Waals surface area (Å²) in [5, 5.41) is 0. The minimum Gasteiger partial charge on any atom is -0.384 e. The van der Waals surface area contributed by atoms with Gasteiger partial charge in [-0.25, -0.2) is 9.97 Å². The second-order valence-electron chi connectivity index (χ2n) is 3.73. The lowest BCUT2D eigenvalue weighted by Gasteiger charge is -2.07. The van der Waals surface area contributed by atoms with Crippen molar-refractivity contribution in [3.05, 3.63) is 40.0 Å². The topological polar surface area (TPSA) is 51.8 Å². The molecular weight excluding hydrogens is 266 g/mol. The third kappa shape index (κ3) is 2.07. The Morgan fingerprint density at radius 2 is 1.81 bits per heavy atom. The Labute approximate surface area is 103 Å². The minimum absolute atomic E-state index is 0.489. The van der Waals surface area contributed by atoms with Crippen molar-refractivity contribution in [2.45, 2.75) is 13.8 Å². The Kier molecular flexibility index (Phi) is 2.92. The number of rotatable bonds is 1. The standard InChI is InChI=1S/C12H12BrN3/c1-7-5-9(6-8(2)11(7)13)12-15-4-3-10(14)16-12/h3-6H,1-2H3,(H2,14,15,16). The van der Waals surface area contributed by atoms with E-state index in [9.17, 15) is 0 Å². The number of anilines is 1. The van der Waals surface area contributed by atoms with E-state index < -0.39 is 0 Å². The summed E-state index contributed by atoms with van der Waals surface area (Å²) in [7, 11) is 0. The van der Waals surface area contributed by atoms with E-state index in [0.717, 1.165) is 10.0 Å². The molecule has 4 heteroatoms. The number of nitrogens with two attached hydrogens (primary N) is 1. The Hall–Kier alpha value is -1.42. The molecule has 0 aliphatic heterocycles. The smallest absolute Gasteiger partial charge is 0.161 e. The van der Waals surface area contributed by atoms with Crippen molar-refractivity contribution in [2.75, 3.05) is 5.73 Å². The van der Waals surface area contributed by atoms with Gasteiger partial charge in [0.2, 0.25) is 0 Å². The lowest BCUT2D eigenvalue weighted by Crippen LogP contribution is -1.95. The van der Waals surface area contributed by atoms with Gasteiger partial charge in [-0.1, -0.05) is 15.9 Å². The van der Waals surface area contributed by atoms with Crippen molar-refractivity contribution in [1.29, 1.82) is 0 Å². The van der Waals surface area contributed by atoms with Crippen LogP contribution in [0.25, 0.3) is 11.4 Å². The highest BCUT2D eigenvalue weighted by atomic mass is 79.9. The molecule has 2 rings (SSSR count). The van der Waals surface area contributed by atoms with Gasteiger partial charge in [0.25, 0.3) is 0 Å². The van der Waals surface area contributed by atoms with E-state index in [-0.39, 0.29) is 0 Å². The van der Waals surface area contributed by atoms with Gasteiger partial charge in [-0.3, -0.25) is 0 Å². The molecule has 0 amide bonds. The molecule has 0 radical (unpaired) electrons. The molecule has 0 spiro atoms. The largest absolute Gasteiger partial charge is 0.384 e. The molecule has 0 unspecified atom stereocenters. The first kappa shape index (κ1) is 11.1. The molecule has 82 valence electrons. The maximum atomic E-state index is 5.64. The molecule has 0 saturated carbocycles. The van der Waals surface area contributed by atoms with E-state index in [2.05, 4.69) is 25.9 Å². The summed E-state index contributed by atoms with van der Waals surface area (Å²) in [6.45, 7) is 4.10. The zero-order valence-electron chi connectivity index (χ0n) is 9.16. The number of hydrogen-bond donors (Lipinski definition) is 1. The van der Waals surface area contributed by atoms with Crippen LogP contribution in [-0.2, 0) is 0 Å². The zero-order chi connectivity index (χ0) is 11.7. The van der Waals surface area contributed by atoms with Gasteiger partial charge in [0.05, 0.1) is 0 Å². The average Bonchev–Trinajstić information content (AvgIpc) is 2.25. The maximum absolute atomic E-state index is 5.64. The maximum Gasteiger partial charge on any atom is 0.161 e. The molecule has 0 bridgehead atoms. The first-order chi connectivity index (χ1) is 7.58. The Morgan fingerprint density at radius 3 is 2.38 bits per heavy atom. The summed E-state index contributed by atoms with van der Waals surface area (Å²) in [6, 6.07) is 5.78. The van der Waals surface area contributed by atoms with Gasteiger partial charge >= 0.3 is 0 Å². The van der Waals surface area contributed by atoms with Crippen molar-refractivity contribution in [3.8, 4) is 11.4 Å². The average molecular weight is 278 g/mol. The van der Waals surface area contributed by atoms with Crippen LogP contribution in [0.1, 0.15) is 11.1 Å². The fourth-order valence-electron chi connectivity index (χ4n) is 1.59. The van der Waals surface area contributed by atoms with Gasteiger partial charge < -0.3 is 5.73 Å². The van der Waals surface area contributed by atoms with Crippen LogP contribution in [0.15, 0.2) is 28.9 Å². The van der Waals surface area contributed by atoms with E-state index in [0.29, 0.717) is 11.6 Å². The summed E-state index contributed by atoms with van der Waals surface area (Å²) in [6.07, 6.45) is 1.67. The second-order valence-corrected chi connectivity index (χ2v) is 4.52. The van der Waals surface area contributed by atoms with Crippen LogP contribution in [-0.4, -0.2) is 9.97 Å². The molecule has 0 atom stereocenters. The molecule has 0 aliphatic carbocycles. The fourth-order valence-corrected chi connectivity index (χ4v) is 1.82. The third-order valence-corrected chi connectivity index (χ3v) is 3.62. The number of halogens is 1. The van der Waals surface area contributed by atoms with Crippen LogP contribution in [0.3, 0.4) is 0 Å². The molecule has 1 heterocycles. The number of hydrogen-bond acceptors (Lipinski definition) is 3. The Bertz CT molecular complexity index is 515. The van der Waals surface area contributed by atoms with Crippen LogP contribution in [0.2, 0.25) is 0 Å². The molecule has 2 N–H and O–H groups in total. The molecule has 0 aliphatic rings. The highest BCUT2D eigenvalue weighted by molar-refractivity contribution is 9.10. The second kappa shape index (κ2) is 4.22. The van der Waals surface area contributed by atoms with E-state index in [1.54, 1.807) is 12.3 Å². The fraction of sp³-hybridized carbons (Fsp3) is 0.167. The summed E-state index contributed by atoms with van der Waals surface area (Å²) in [5.41, 5.74) is 8.97. The number of aryl methyl sites for hydroxylation is 2. The van der Waals surface area contributed by atoms with Crippen molar-refractivity contribution >= 4 is 21.7 Å². The lowest BCUT2D eigenvalue weighted by molar-refractivity contribution is 1.18. The van der Waals surface area contributed by atoms with Gasteiger partial charge in [-0.15, -0.1) is 0 Å².